The fraction of sp³-hybridized carbons (Fsp3) is 0.643. The van der Waals surface area contributed by atoms with Gasteiger partial charge in [0, 0.05) is 31.7 Å². The second kappa shape index (κ2) is 6.59. The molecule has 1 atom stereocenters. The number of anilines is 1. The van der Waals surface area contributed by atoms with E-state index in [9.17, 15) is 4.79 Å². The number of aromatic nitrogens is 2. The maximum atomic E-state index is 12.4. The number of amides is 2. The lowest BCUT2D eigenvalue weighted by atomic mass is 10.2. The van der Waals surface area contributed by atoms with E-state index in [1.165, 1.54) is 0 Å². The van der Waals surface area contributed by atoms with Crippen LogP contribution >= 0.6 is 0 Å². The summed E-state index contributed by atoms with van der Waals surface area (Å²) in [4.78, 5) is 16.5. The van der Waals surface area contributed by atoms with Crippen LogP contribution in [0.25, 0.3) is 0 Å². The standard InChI is InChI=1S/C14H22N6O/c1-11-9-13(20(17-11)6-4-5-15)16-14(21)19-8-7-18(3)10-12(19)2/h9,12H,4,6-8,10H2,1-3H3,(H,16,21)/t12-/m0/s1. The summed E-state index contributed by atoms with van der Waals surface area (Å²) in [5, 5.41) is 15.9. The smallest absolute Gasteiger partial charge is 0.319 e. The van der Waals surface area contributed by atoms with E-state index in [4.69, 9.17) is 5.26 Å². The summed E-state index contributed by atoms with van der Waals surface area (Å²) in [5.41, 5.74) is 0.828. The fourth-order valence-corrected chi connectivity index (χ4v) is 2.60. The van der Waals surface area contributed by atoms with Gasteiger partial charge in [-0.3, -0.25) is 5.32 Å². The monoisotopic (exact) mass is 290 g/mol. The fourth-order valence-electron chi connectivity index (χ4n) is 2.60. The molecular formula is C14H22N6O. The van der Waals surface area contributed by atoms with Gasteiger partial charge in [0.1, 0.15) is 5.82 Å². The summed E-state index contributed by atoms with van der Waals surface area (Å²) >= 11 is 0. The Bertz CT molecular complexity index is 546. The van der Waals surface area contributed by atoms with E-state index < -0.39 is 0 Å². The Balaban J connectivity index is 2.04. The molecule has 0 spiro atoms. The SMILES string of the molecule is Cc1cc(NC(=O)N2CCN(C)C[C@@H]2C)n(CCC#N)n1. The molecule has 0 radical (unpaired) electrons. The molecule has 1 fully saturated rings. The number of piperazine rings is 1. The third-order valence-electron chi connectivity index (χ3n) is 3.66. The Morgan fingerprint density at radius 3 is 3.00 bits per heavy atom. The second-order valence-electron chi connectivity index (χ2n) is 5.54. The summed E-state index contributed by atoms with van der Waals surface area (Å²) in [6, 6.07) is 4.00. The Morgan fingerprint density at radius 1 is 1.57 bits per heavy atom. The first-order valence-corrected chi connectivity index (χ1v) is 7.19. The molecule has 2 rings (SSSR count). The maximum Gasteiger partial charge on any atom is 0.323 e. The molecule has 21 heavy (non-hydrogen) atoms. The number of hydrogen-bond donors (Lipinski definition) is 1. The van der Waals surface area contributed by atoms with E-state index in [0.717, 1.165) is 25.3 Å². The number of nitrogens with zero attached hydrogens (tertiary/aromatic N) is 5. The van der Waals surface area contributed by atoms with Gasteiger partial charge < -0.3 is 9.80 Å². The number of nitrogens with one attached hydrogen (secondary N) is 1. The molecule has 7 nitrogen and oxygen atoms in total. The minimum Gasteiger partial charge on any atom is -0.319 e. The molecule has 1 aromatic rings. The number of aryl methyl sites for hydroxylation is 2. The molecule has 0 aromatic carbocycles. The first-order chi connectivity index (χ1) is 10.0. The van der Waals surface area contributed by atoms with Crippen LogP contribution in [0.4, 0.5) is 10.6 Å². The van der Waals surface area contributed by atoms with Crippen LogP contribution in [0.15, 0.2) is 6.07 Å². The quantitative estimate of drug-likeness (QED) is 0.909. The number of carbonyl (C=O) groups excluding carboxylic acids is 1. The predicted molar refractivity (Wildman–Crippen MR) is 79.9 cm³/mol. The number of urea groups is 1. The highest BCUT2D eigenvalue weighted by atomic mass is 16.2. The highest BCUT2D eigenvalue weighted by Crippen LogP contribution is 2.14. The molecule has 0 aliphatic carbocycles. The predicted octanol–water partition coefficient (Wildman–Crippen LogP) is 1.27. The van der Waals surface area contributed by atoms with E-state index >= 15 is 0 Å². The Kier molecular flexibility index (Phi) is 4.81. The van der Waals surface area contributed by atoms with Gasteiger partial charge in [-0.05, 0) is 20.9 Å². The van der Waals surface area contributed by atoms with Crippen molar-refractivity contribution in [1.82, 2.24) is 19.6 Å². The third-order valence-corrected chi connectivity index (χ3v) is 3.66. The molecule has 7 heteroatoms. The molecule has 0 unspecified atom stereocenters. The highest BCUT2D eigenvalue weighted by Gasteiger charge is 2.26. The van der Waals surface area contributed by atoms with Gasteiger partial charge >= 0.3 is 6.03 Å². The van der Waals surface area contributed by atoms with Crippen LogP contribution in [0.1, 0.15) is 19.0 Å². The lowest BCUT2D eigenvalue weighted by Crippen LogP contribution is -2.54. The van der Waals surface area contributed by atoms with Gasteiger partial charge in [0.15, 0.2) is 0 Å². The topological polar surface area (TPSA) is 77.2 Å². The van der Waals surface area contributed by atoms with E-state index in [1.807, 2.05) is 24.8 Å². The van der Waals surface area contributed by atoms with Crippen molar-refractivity contribution in [3.05, 3.63) is 11.8 Å². The summed E-state index contributed by atoms with van der Waals surface area (Å²) in [6.07, 6.45) is 0.370. The van der Waals surface area contributed by atoms with Crippen molar-refractivity contribution >= 4 is 11.8 Å². The molecule has 0 bridgehead atoms. The van der Waals surface area contributed by atoms with Gasteiger partial charge in [-0.2, -0.15) is 10.4 Å². The first kappa shape index (κ1) is 15.3. The number of nitriles is 1. The van der Waals surface area contributed by atoms with Crippen LogP contribution in [-0.2, 0) is 6.54 Å². The molecule has 2 heterocycles. The maximum absolute atomic E-state index is 12.4. The average molecular weight is 290 g/mol. The minimum absolute atomic E-state index is 0.103. The average Bonchev–Trinajstić information content (AvgIpc) is 2.76. The molecule has 0 saturated carbocycles. The number of hydrogen-bond acceptors (Lipinski definition) is 4. The molecule has 1 N–H and O–H groups in total. The number of rotatable bonds is 3. The summed E-state index contributed by atoms with van der Waals surface area (Å²) in [5.74, 6) is 0.652. The van der Waals surface area contributed by atoms with Crippen molar-refractivity contribution in [3.63, 3.8) is 0 Å². The lowest BCUT2D eigenvalue weighted by molar-refractivity contribution is 0.125. The van der Waals surface area contributed by atoms with E-state index in [2.05, 4.69) is 28.4 Å². The van der Waals surface area contributed by atoms with E-state index in [0.29, 0.717) is 18.8 Å². The second-order valence-corrected chi connectivity index (χ2v) is 5.54. The zero-order valence-electron chi connectivity index (χ0n) is 12.8. The summed E-state index contributed by atoms with van der Waals surface area (Å²) < 4.78 is 1.68. The van der Waals surface area contributed by atoms with Crippen LogP contribution < -0.4 is 5.32 Å². The molecule has 1 aromatic heterocycles. The van der Waals surface area contributed by atoms with Gasteiger partial charge in [0.05, 0.1) is 24.7 Å². The molecule has 1 saturated heterocycles. The van der Waals surface area contributed by atoms with Crippen molar-refractivity contribution in [2.24, 2.45) is 0 Å². The number of likely N-dealkylation sites (N-methyl/N-ethyl adjacent to an activating group) is 1. The lowest BCUT2D eigenvalue weighted by Gasteiger charge is -2.38. The van der Waals surface area contributed by atoms with Gasteiger partial charge in [0.25, 0.3) is 0 Å². The van der Waals surface area contributed by atoms with Crippen molar-refractivity contribution in [2.75, 3.05) is 32.0 Å². The van der Waals surface area contributed by atoms with Gasteiger partial charge in [0.2, 0.25) is 0 Å². The zero-order valence-corrected chi connectivity index (χ0v) is 12.8. The van der Waals surface area contributed by atoms with Crippen molar-refractivity contribution in [2.45, 2.75) is 32.9 Å². The zero-order chi connectivity index (χ0) is 15.4. The molecular weight excluding hydrogens is 268 g/mol. The van der Waals surface area contributed by atoms with Crippen LogP contribution in [0.5, 0.6) is 0 Å². The van der Waals surface area contributed by atoms with E-state index in [-0.39, 0.29) is 12.1 Å². The number of carbonyl (C=O) groups is 1. The normalized spacial score (nSPS) is 19.3. The van der Waals surface area contributed by atoms with Crippen LogP contribution in [0, 0.1) is 18.3 Å². The van der Waals surface area contributed by atoms with Crippen LogP contribution in [0.2, 0.25) is 0 Å². The summed E-state index contributed by atoms with van der Waals surface area (Å²) in [7, 11) is 2.06. The van der Waals surface area contributed by atoms with Crippen molar-refractivity contribution < 1.29 is 4.79 Å². The van der Waals surface area contributed by atoms with Crippen LogP contribution in [0.3, 0.4) is 0 Å². The molecule has 114 valence electrons. The Labute approximate surface area is 125 Å². The van der Waals surface area contributed by atoms with Gasteiger partial charge in [-0.15, -0.1) is 0 Å². The first-order valence-electron chi connectivity index (χ1n) is 7.19. The minimum atomic E-state index is -0.103. The van der Waals surface area contributed by atoms with E-state index in [1.54, 1.807) is 4.68 Å². The Hall–Kier alpha value is -2.07. The van der Waals surface area contributed by atoms with Gasteiger partial charge in [-0.1, -0.05) is 0 Å². The molecule has 1 aliphatic heterocycles. The molecule has 2 amide bonds. The third kappa shape index (κ3) is 3.73. The van der Waals surface area contributed by atoms with Crippen LogP contribution in [-0.4, -0.2) is 58.3 Å². The van der Waals surface area contributed by atoms with Crippen molar-refractivity contribution in [3.8, 4) is 6.07 Å². The Morgan fingerprint density at radius 2 is 2.33 bits per heavy atom. The highest BCUT2D eigenvalue weighted by molar-refractivity contribution is 5.88. The van der Waals surface area contributed by atoms with Crippen molar-refractivity contribution in [1.29, 1.82) is 5.26 Å². The summed E-state index contributed by atoms with van der Waals surface area (Å²) in [6.45, 7) is 6.88. The molecule has 1 aliphatic rings. The van der Waals surface area contributed by atoms with Gasteiger partial charge in [-0.25, -0.2) is 9.48 Å². The largest absolute Gasteiger partial charge is 0.323 e.